The maximum Gasteiger partial charge on any atom is 0.224 e. The zero-order valence-electron chi connectivity index (χ0n) is 10.1. The second kappa shape index (κ2) is 5.95. The maximum absolute atomic E-state index is 13.4. The zero-order valence-corrected chi connectivity index (χ0v) is 10.1. The lowest BCUT2D eigenvalue weighted by Gasteiger charge is -2.07. The van der Waals surface area contributed by atoms with Crippen molar-refractivity contribution in [2.24, 2.45) is 0 Å². The molecule has 1 aromatic heterocycles. The Morgan fingerprint density at radius 2 is 2.11 bits per heavy atom. The van der Waals surface area contributed by atoms with Gasteiger partial charge in [0.2, 0.25) is 5.88 Å². The Bertz CT molecular complexity index is 519. The molecule has 0 bridgehead atoms. The minimum atomic E-state index is -0.417. The summed E-state index contributed by atoms with van der Waals surface area (Å²) >= 11 is 0. The number of hydrogen-bond acceptors (Lipinski definition) is 4. The molecule has 0 amide bonds. The quantitative estimate of drug-likeness (QED) is 0.881. The highest BCUT2D eigenvalue weighted by Crippen LogP contribution is 2.23. The summed E-state index contributed by atoms with van der Waals surface area (Å²) in [7, 11) is 0. The minimum absolute atomic E-state index is 0.151. The van der Waals surface area contributed by atoms with Gasteiger partial charge in [0, 0.05) is 12.6 Å². The number of ether oxygens (including phenoxy) is 1. The number of aromatic nitrogens is 2. The molecule has 1 N–H and O–H groups in total. The van der Waals surface area contributed by atoms with Crippen molar-refractivity contribution in [2.75, 3.05) is 11.9 Å². The third kappa shape index (κ3) is 3.16. The van der Waals surface area contributed by atoms with E-state index in [1.165, 1.54) is 12.4 Å². The van der Waals surface area contributed by atoms with Gasteiger partial charge in [-0.1, -0.05) is 19.1 Å². The summed E-state index contributed by atoms with van der Waals surface area (Å²) in [5.74, 6) is 0.712. The predicted molar refractivity (Wildman–Crippen MR) is 67.3 cm³/mol. The number of anilines is 1. The van der Waals surface area contributed by atoms with E-state index in [2.05, 4.69) is 22.2 Å². The van der Waals surface area contributed by atoms with Gasteiger partial charge in [-0.15, -0.1) is 0 Å². The number of halogens is 1. The Morgan fingerprint density at radius 1 is 1.28 bits per heavy atom. The van der Waals surface area contributed by atoms with E-state index in [4.69, 9.17) is 4.74 Å². The van der Waals surface area contributed by atoms with Crippen molar-refractivity contribution in [3.05, 3.63) is 42.5 Å². The van der Waals surface area contributed by atoms with Crippen molar-refractivity contribution in [3.8, 4) is 11.6 Å². The van der Waals surface area contributed by atoms with E-state index >= 15 is 0 Å². The van der Waals surface area contributed by atoms with Crippen LogP contribution in [0.3, 0.4) is 0 Å². The van der Waals surface area contributed by atoms with Crippen LogP contribution in [-0.4, -0.2) is 16.5 Å². The van der Waals surface area contributed by atoms with E-state index in [1.807, 2.05) is 0 Å². The van der Waals surface area contributed by atoms with Gasteiger partial charge in [-0.25, -0.2) is 14.4 Å². The average Bonchev–Trinajstić information content (AvgIpc) is 2.40. The fourth-order valence-electron chi connectivity index (χ4n) is 1.39. The van der Waals surface area contributed by atoms with Gasteiger partial charge in [0.1, 0.15) is 12.1 Å². The highest BCUT2D eigenvalue weighted by molar-refractivity contribution is 5.38. The van der Waals surface area contributed by atoms with Crippen LogP contribution in [0.2, 0.25) is 0 Å². The number of hydrogen-bond donors (Lipinski definition) is 1. The average molecular weight is 247 g/mol. The molecule has 18 heavy (non-hydrogen) atoms. The van der Waals surface area contributed by atoms with Crippen LogP contribution in [0.25, 0.3) is 0 Å². The summed E-state index contributed by atoms with van der Waals surface area (Å²) in [6.07, 6.45) is 2.38. The molecule has 2 rings (SSSR count). The molecule has 1 aromatic carbocycles. The first-order valence-electron chi connectivity index (χ1n) is 5.78. The monoisotopic (exact) mass is 247 g/mol. The normalized spacial score (nSPS) is 10.1. The van der Waals surface area contributed by atoms with E-state index in [0.29, 0.717) is 11.7 Å². The van der Waals surface area contributed by atoms with Crippen LogP contribution in [0.1, 0.15) is 13.3 Å². The van der Waals surface area contributed by atoms with Crippen LogP contribution in [0, 0.1) is 5.82 Å². The molecule has 0 atom stereocenters. The Kier molecular flexibility index (Phi) is 4.06. The van der Waals surface area contributed by atoms with Gasteiger partial charge < -0.3 is 10.1 Å². The number of benzene rings is 1. The summed E-state index contributed by atoms with van der Waals surface area (Å²) in [6, 6.07) is 7.84. The highest BCUT2D eigenvalue weighted by Gasteiger charge is 2.05. The van der Waals surface area contributed by atoms with Crippen LogP contribution in [-0.2, 0) is 0 Å². The Balaban J connectivity index is 2.12. The van der Waals surface area contributed by atoms with Crippen molar-refractivity contribution in [2.45, 2.75) is 13.3 Å². The SMILES string of the molecule is CCCNc1cc(Oc2ccccc2F)ncn1. The molecule has 0 aliphatic heterocycles. The van der Waals surface area contributed by atoms with Gasteiger partial charge in [0.05, 0.1) is 0 Å². The first-order chi connectivity index (χ1) is 8.79. The van der Waals surface area contributed by atoms with E-state index in [9.17, 15) is 4.39 Å². The fourth-order valence-corrected chi connectivity index (χ4v) is 1.39. The summed E-state index contributed by atoms with van der Waals surface area (Å²) in [6.45, 7) is 2.88. The molecule has 0 spiro atoms. The molecule has 1 heterocycles. The molecule has 5 heteroatoms. The van der Waals surface area contributed by atoms with Crippen LogP contribution in [0.4, 0.5) is 10.2 Å². The van der Waals surface area contributed by atoms with Crippen molar-refractivity contribution < 1.29 is 9.13 Å². The molecule has 2 aromatic rings. The zero-order chi connectivity index (χ0) is 12.8. The van der Waals surface area contributed by atoms with E-state index in [0.717, 1.165) is 13.0 Å². The van der Waals surface area contributed by atoms with Crippen molar-refractivity contribution in [1.82, 2.24) is 9.97 Å². The van der Waals surface area contributed by atoms with Crippen molar-refractivity contribution >= 4 is 5.82 Å². The van der Waals surface area contributed by atoms with E-state index < -0.39 is 5.82 Å². The van der Waals surface area contributed by atoms with Crippen LogP contribution >= 0.6 is 0 Å². The number of rotatable bonds is 5. The fraction of sp³-hybridized carbons (Fsp3) is 0.231. The number of para-hydroxylation sites is 1. The largest absolute Gasteiger partial charge is 0.436 e. The predicted octanol–water partition coefficient (Wildman–Crippen LogP) is 3.23. The van der Waals surface area contributed by atoms with Crippen LogP contribution in [0.15, 0.2) is 36.7 Å². The molecular weight excluding hydrogens is 233 g/mol. The van der Waals surface area contributed by atoms with Crippen molar-refractivity contribution in [3.63, 3.8) is 0 Å². The van der Waals surface area contributed by atoms with E-state index in [-0.39, 0.29) is 5.75 Å². The van der Waals surface area contributed by atoms with Crippen LogP contribution in [0.5, 0.6) is 11.6 Å². The summed E-state index contributed by atoms with van der Waals surface area (Å²) in [5, 5.41) is 3.11. The molecule has 0 radical (unpaired) electrons. The molecule has 0 saturated heterocycles. The summed E-state index contributed by atoms with van der Waals surface area (Å²) < 4.78 is 18.8. The maximum atomic E-state index is 13.4. The van der Waals surface area contributed by atoms with Gasteiger partial charge in [-0.2, -0.15) is 0 Å². The molecule has 94 valence electrons. The second-order valence-electron chi connectivity index (χ2n) is 3.70. The Labute approximate surface area is 105 Å². The lowest BCUT2D eigenvalue weighted by Crippen LogP contribution is -2.02. The number of nitrogens with one attached hydrogen (secondary N) is 1. The molecule has 4 nitrogen and oxygen atoms in total. The first kappa shape index (κ1) is 12.3. The standard InChI is InChI=1S/C13H14FN3O/c1-2-7-15-12-8-13(17-9-16-12)18-11-6-4-3-5-10(11)14/h3-6,8-9H,2,7H2,1H3,(H,15,16,17). The third-order valence-corrected chi connectivity index (χ3v) is 2.25. The van der Waals surface area contributed by atoms with Crippen LogP contribution < -0.4 is 10.1 Å². The van der Waals surface area contributed by atoms with Gasteiger partial charge in [-0.3, -0.25) is 0 Å². The van der Waals surface area contributed by atoms with E-state index in [1.54, 1.807) is 24.3 Å². The summed E-state index contributed by atoms with van der Waals surface area (Å²) in [5.41, 5.74) is 0. The van der Waals surface area contributed by atoms with Gasteiger partial charge in [0.15, 0.2) is 11.6 Å². The van der Waals surface area contributed by atoms with Gasteiger partial charge in [-0.05, 0) is 18.6 Å². The summed E-state index contributed by atoms with van der Waals surface area (Å²) in [4.78, 5) is 7.99. The molecular formula is C13H14FN3O. The molecule has 0 aliphatic carbocycles. The smallest absolute Gasteiger partial charge is 0.224 e. The Hall–Kier alpha value is -2.17. The lowest BCUT2D eigenvalue weighted by atomic mass is 10.3. The molecule has 0 fully saturated rings. The van der Waals surface area contributed by atoms with Crippen molar-refractivity contribution in [1.29, 1.82) is 0 Å². The molecule has 0 unspecified atom stereocenters. The Morgan fingerprint density at radius 3 is 2.89 bits per heavy atom. The minimum Gasteiger partial charge on any atom is -0.436 e. The third-order valence-electron chi connectivity index (χ3n) is 2.25. The molecule has 0 aliphatic rings. The topological polar surface area (TPSA) is 47.0 Å². The first-order valence-corrected chi connectivity index (χ1v) is 5.78. The van der Waals surface area contributed by atoms with Gasteiger partial charge in [0.25, 0.3) is 0 Å². The van der Waals surface area contributed by atoms with Gasteiger partial charge >= 0.3 is 0 Å². The highest BCUT2D eigenvalue weighted by atomic mass is 19.1. The lowest BCUT2D eigenvalue weighted by molar-refractivity contribution is 0.427. The second-order valence-corrected chi connectivity index (χ2v) is 3.70. The number of nitrogens with zero attached hydrogens (tertiary/aromatic N) is 2. The molecule has 0 saturated carbocycles.